The van der Waals surface area contributed by atoms with E-state index in [0.717, 1.165) is 4.90 Å². The van der Waals surface area contributed by atoms with Crippen molar-refractivity contribution >= 4 is 18.4 Å². The normalized spacial score (nSPS) is 18.6. The molecule has 0 bridgehead atoms. The Morgan fingerprint density at radius 1 is 1.43 bits per heavy atom. The molecule has 0 aliphatic carbocycles. The lowest BCUT2D eigenvalue weighted by molar-refractivity contribution is 0.0618. The van der Waals surface area contributed by atoms with Crippen LogP contribution in [0.3, 0.4) is 0 Å². The zero-order valence-corrected chi connectivity index (χ0v) is 9.10. The number of carbonyl (C=O) groups excluding carboxylic acids is 1. The van der Waals surface area contributed by atoms with E-state index in [1.165, 1.54) is 0 Å². The smallest absolute Gasteiger partial charge is 0.170 e. The SMILES string of the molecule is CC1(C)CC(=O)c2ccc(S)cc2O1. The van der Waals surface area contributed by atoms with Crippen molar-refractivity contribution in [3.63, 3.8) is 0 Å². The summed E-state index contributed by atoms with van der Waals surface area (Å²) >= 11 is 4.21. The number of benzene rings is 1. The average Bonchev–Trinajstić information content (AvgIpc) is 2.00. The zero-order valence-electron chi connectivity index (χ0n) is 8.20. The Morgan fingerprint density at radius 3 is 2.86 bits per heavy atom. The molecule has 0 amide bonds. The van der Waals surface area contributed by atoms with Gasteiger partial charge in [0.2, 0.25) is 0 Å². The van der Waals surface area contributed by atoms with E-state index in [-0.39, 0.29) is 5.78 Å². The molecule has 1 aliphatic heterocycles. The first-order chi connectivity index (χ1) is 6.48. The van der Waals surface area contributed by atoms with Crippen LogP contribution in [0.15, 0.2) is 23.1 Å². The summed E-state index contributed by atoms with van der Waals surface area (Å²) < 4.78 is 5.70. The zero-order chi connectivity index (χ0) is 10.3. The van der Waals surface area contributed by atoms with Crippen molar-refractivity contribution in [2.24, 2.45) is 0 Å². The molecule has 0 atom stereocenters. The highest BCUT2D eigenvalue weighted by Crippen LogP contribution is 2.34. The van der Waals surface area contributed by atoms with Crippen LogP contribution in [0.2, 0.25) is 0 Å². The van der Waals surface area contributed by atoms with Crippen molar-refractivity contribution in [3.05, 3.63) is 23.8 Å². The van der Waals surface area contributed by atoms with E-state index in [1.54, 1.807) is 12.1 Å². The van der Waals surface area contributed by atoms with Gasteiger partial charge < -0.3 is 4.74 Å². The number of ketones is 1. The third-order valence-corrected chi connectivity index (χ3v) is 2.52. The number of Topliss-reactive ketones (excluding diaryl/α,β-unsaturated/α-hetero) is 1. The monoisotopic (exact) mass is 208 g/mol. The van der Waals surface area contributed by atoms with Gasteiger partial charge in [0.15, 0.2) is 5.78 Å². The van der Waals surface area contributed by atoms with Crippen molar-refractivity contribution in [1.82, 2.24) is 0 Å². The first-order valence-corrected chi connectivity index (χ1v) is 4.98. The van der Waals surface area contributed by atoms with Gasteiger partial charge in [0.25, 0.3) is 0 Å². The molecule has 0 N–H and O–H groups in total. The van der Waals surface area contributed by atoms with Crippen molar-refractivity contribution in [2.75, 3.05) is 0 Å². The van der Waals surface area contributed by atoms with Gasteiger partial charge in [-0.3, -0.25) is 4.79 Å². The fourth-order valence-electron chi connectivity index (χ4n) is 1.64. The summed E-state index contributed by atoms with van der Waals surface area (Å²) in [7, 11) is 0. The van der Waals surface area contributed by atoms with Crippen LogP contribution in [-0.4, -0.2) is 11.4 Å². The first-order valence-electron chi connectivity index (χ1n) is 4.53. The summed E-state index contributed by atoms with van der Waals surface area (Å²) in [4.78, 5) is 12.5. The molecule has 1 aromatic carbocycles. The molecule has 1 aromatic rings. The molecule has 2 rings (SSSR count). The van der Waals surface area contributed by atoms with Gasteiger partial charge in [-0.25, -0.2) is 0 Å². The summed E-state index contributed by atoms with van der Waals surface area (Å²) in [5, 5.41) is 0. The molecule has 0 spiro atoms. The van der Waals surface area contributed by atoms with E-state index in [9.17, 15) is 4.79 Å². The Labute approximate surface area is 88.7 Å². The predicted octanol–water partition coefficient (Wildman–Crippen LogP) is 2.72. The quantitative estimate of drug-likeness (QED) is 0.663. The maximum absolute atomic E-state index is 11.7. The maximum Gasteiger partial charge on any atom is 0.170 e. The molecule has 0 saturated heterocycles. The highest BCUT2D eigenvalue weighted by molar-refractivity contribution is 7.80. The predicted molar refractivity (Wildman–Crippen MR) is 57.3 cm³/mol. The standard InChI is InChI=1S/C11H12O2S/c1-11(2)6-9(12)8-4-3-7(14)5-10(8)13-11/h3-5,14H,6H2,1-2H3. The fraction of sp³-hybridized carbons (Fsp3) is 0.364. The highest BCUT2D eigenvalue weighted by Gasteiger charge is 2.32. The van der Waals surface area contributed by atoms with E-state index in [0.29, 0.717) is 17.7 Å². The number of hydrogen-bond acceptors (Lipinski definition) is 3. The largest absolute Gasteiger partial charge is 0.487 e. The topological polar surface area (TPSA) is 26.3 Å². The van der Waals surface area contributed by atoms with Crippen LogP contribution in [0.4, 0.5) is 0 Å². The highest BCUT2D eigenvalue weighted by atomic mass is 32.1. The minimum atomic E-state index is -0.397. The lowest BCUT2D eigenvalue weighted by Crippen LogP contribution is -2.35. The number of fused-ring (bicyclic) bond motifs is 1. The molecule has 74 valence electrons. The van der Waals surface area contributed by atoms with Gasteiger partial charge in [0, 0.05) is 4.90 Å². The van der Waals surface area contributed by atoms with Gasteiger partial charge in [-0.05, 0) is 32.0 Å². The Hall–Kier alpha value is -0.960. The molecule has 2 nitrogen and oxygen atoms in total. The van der Waals surface area contributed by atoms with Gasteiger partial charge in [0.1, 0.15) is 11.4 Å². The average molecular weight is 208 g/mol. The number of ether oxygens (including phenoxy) is 1. The van der Waals surface area contributed by atoms with E-state index in [1.807, 2.05) is 19.9 Å². The molecular weight excluding hydrogens is 196 g/mol. The minimum Gasteiger partial charge on any atom is -0.487 e. The molecule has 1 heterocycles. The first kappa shape index (κ1) is 9.59. The molecule has 0 unspecified atom stereocenters. The molecule has 1 aliphatic rings. The molecule has 0 fully saturated rings. The minimum absolute atomic E-state index is 0.143. The maximum atomic E-state index is 11.7. The van der Waals surface area contributed by atoms with Crippen LogP contribution in [0.25, 0.3) is 0 Å². The van der Waals surface area contributed by atoms with Gasteiger partial charge in [-0.15, -0.1) is 12.6 Å². The number of carbonyl (C=O) groups is 1. The van der Waals surface area contributed by atoms with Gasteiger partial charge in [-0.2, -0.15) is 0 Å². The number of thiol groups is 1. The molecule has 0 aromatic heterocycles. The van der Waals surface area contributed by atoms with Crippen molar-refractivity contribution in [1.29, 1.82) is 0 Å². The Kier molecular flexibility index (Phi) is 2.07. The summed E-state index contributed by atoms with van der Waals surface area (Å²) in [6, 6.07) is 5.37. The summed E-state index contributed by atoms with van der Waals surface area (Å²) in [5.41, 5.74) is 0.271. The molecule has 0 saturated carbocycles. The lowest BCUT2D eigenvalue weighted by atomic mass is 9.93. The second kappa shape index (κ2) is 3.02. The van der Waals surface area contributed by atoms with Crippen LogP contribution in [0.5, 0.6) is 5.75 Å². The Bertz CT molecular complexity index is 396. The van der Waals surface area contributed by atoms with E-state index in [4.69, 9.17) is 4.74 Å². The van der Waals surface area contributed by atoms with Crippen LogP contribution in [0.1, 0.15) is 30.6 Å². The van der Waals surface area contributed by atoms with Crippen LogP contribution in [-0.2, 0) is 0 Å². The van der Waals surface area contributed by atoms with Crippen molar-refractivity contribution in [2.45, 2.75) is 30.8 Å². The van der Waals surface area contributed by atoms with E-state index >= 15 is 0 Å². The second-order valence-electron chi connectivity index (χ2n) is 4.14. The van der Waals surface area contributed by atoms with Gasteiger partial charge >= 0.3 is 0 Å². The third-order valence-electron chi connectivity index (χ3n) is 2.24. The molecule has 14 heavy (non-hydrogen) atoms. The van der Waals surface area contributed by atoms with Crippen LogP contribution in [0, 0.1) is 0 Å². The van der Waals surface area contributed by atoms with E-state index in [2.05, 4.69) is 12.6 Å². The summed E-state index contributed by atoms with van der Waals surface area (Å²) in [6.07, 6.45) is 0.436. The molecule has 0 radical (unpaired) electrons. The van der Waals surface area contributed by atoms with Crippen molar-refractivity contribution in [3.8, 4) is 5.75 Å². The van der Waals surface area contributed by atoms with Crippen molar-refractivity contribution < 1.29 is 9.53 Å². The van der Waals surface area contributed by atoms with E-state index < -0.39 is 5.60 Å². The summed E-state index contributed by atoms with van der Waals surface area (Å²) in [5.74, 6) is 0.795. The summed E-state index contributed by atoms with van der Waals surface area (Å²) in [6.45, 7) is 3.83. The lowest BCUT2D eigenvalue weighted by Gasteiger charge is -2.31. The van der Waals surface area contributed by atoms with Crippen LogP contribution < -0.4 is 4.74 Å². The van der Waals surface area contributed by atoms with Gasteiger partial charge in [0.05, 0.1) is 12.0 Å². The Morgan fingerprint density at radius 2 is 2.14 bits per heavy atom. The number of hydrogen-bond donors (Lipinski definition) is 1. The fourth-order valence-corrected chi connectivity index (χ4v) is 1.83. The number of rotatable bonds is 0. The molecular formula is C11H12O2S. The second-order valence-corrected chi connectivity index (χ2v) is 4.66. The Balaban J connectivity index is 2.51. The van der Waals surface area contributed by atoms with Crippen LogP contribution >= 0.6 is 12.6 Å². The molecule has 3 heteroatoms. The third kappa shape index (κ3) is 1.64. The van der Waals surface area contributed by atoms with Gasteiger partial charge in [-0.1, -0.05) is 0 Å².